The zero-order valence-electron chi connectivity index (χ0n) is 1.89. The van der Waals surface area contributed by atoms with Crippen molar-refractivity contribution >= 4 is 0 Å². The molecule has 0 atom stereocenters. The van der Waals surface area contributed by atoms with Crippen molar-refractivity contribution in [2.45, 2.75) is 0 Å². The minimum atomic E-state index is -2.27. The van der Waals surface area contributed by atoms with E-state index in [1.165, 1.54) is 0 Å². The third-order valence-corrected chi connectivity index (χ3v) is 0. The van der Waals surface area contributed by atoms with Crippen LogP contribution < -0.4 is 0 Å². The van der Waals surface area contributed by atoms with Crippen molar-refractivity contribution < 1.29 is 61.6 Å². The van der Waals surface area contributed by atoms with Crippen LogP contribution >= 0.6 is 0 Å². The van der Waals surface area contributed by atoms with Gasteiger partial charge in [-0.25, -0.2) is 0 Å². The Morgan fingerprint density at radius 2 is 1.25 bits per heavy atom. The molecule has 1 radical (unpaired) electrons. The van der Waals surface area contributed by atoms with Gasteiger partial charge < -0.3 is 0 Å². The Balaban J connectivity index is 0. The quantitative estimate of drug-likeness (QED) is 0.555. The van der Waals surface area contributed by atoms with Crippen molar-refractivity contribution in [3.05, 3.63) is 0 Å². The molecular formula is O2YZr. The SMILES string of the molecule is [O]=[Zr]=[O].[Y]. The molecule has 0 spiro atoms. The van der Waals surface area contributed by atoms with E-state index in [1.54, 1.807) is 0 Å². The Labute approximate surface area is 60.7 Å². The zero-order chi connectivity index (χ0) is 2.71. The summed E-state index contributed by atoms with van der Waals surface area (Å²) in [5, 5.41) is 0. The summed E-state index contributed by atoms with van der Waals surface area (Å²) in [4.78, 5) is 0. The van der Waals surface area contributed by atoms with Gasteiger partial charge in [-0.2, -0.15) is 0 Å². The fourth-order valence-electron chi connectivity index (χ4n) is 0. The average molecular weight is 212 g/mol. The van der Waals surface area contributed by atoms with Crippen molar-refractivity contribution in [3.8, 4) is 0 Å². The van der Waals surface area contributed by atoms with E-state index in [9.17, 15) is 0 Å². The topological polar surface area (TPSA) is 34.1 Å². The second kappa shape index (κ2) is 8.82. The van der Waals surface area contributed by atoms with Crippen LogP contribution in [-0.4, -0.2) is 0 Å². The fourth-order valence-corrected chi connectivity index (χ4v) is 0. The molecule has 0 N–H and O–H groups in total. The normalized spacial score (nSPS) is 2.00. The van der Waals surface area contributed by atoms with Gasteiger partial charge in [0.1, 0.15) is 0 Å². The van der Waals surface area contributed by atoms with Crippen molar-refractivity contribution in [1.29, 1.82) is 0 Å². The van der Waals surface area contributed by atoms with Crippen molar-refractivity contribution in [2.75, 3.05) is 0 Å². The van der Waals surface area contributed by atoms with Gasteiger partial charge >= 0.3 is 28.9 Å². The largest absolute Gasteiger partial charge is 0 e. The van der Waals surface area contributed by atoms with Crippen LogP contribution in [-0.2, 0) is 61.6 Å². The number of hydrogen-bond acceptors (Lipinski definition) is 2. The molecule has 0 saturated carbocycles. The fraction of sp³-hybridized carbons (Fsp3) is 0. The number of hydrogen-bond donors (Lipinski definition) is 0. The van der Waals surface area contributed by atoms with E-state index in [0.717, 1.165) is 0 Å². The van der Waals surface area contributed by atoms with Gasteiger partial charge in [0.05, 0.1) is 0 Å². The maximum atomic E-state index is 8.54. The molecule has 2 nitrogen and oxygen atoms in total. The summed E-state index contributed by atoms with van der Waals surface area (Å²) >= 11 is -2.27. The Hall–Kier alpha value is 1.59. The van der Waals surface area contributed by atoms with Crippen molar-refractivity contribution in [3.63, 3.8) is 0 Å². The minimum absolute atomic E-state index is 0. The van der Waals surface area contributed by atoms with Gasteiger partial charge in [0, 0.05) is 32.7 Å². The standard InChI is InChI=1S/2O.Y.Zr. The molecular weight excluding hydrogens is 212 g/mol. The van der Waals surface area contributed by atoms with Crippen LogP contribution in [0.4, 0.5) is 0 Å². The summed E-state index contributed by atoms with van der Waals surface area (Å²) in [5.74, 6) is 0. The van der Waals surface area contributed by atoms with Gasteiger partial charge in [-0.3, -0.25) is 0 Å². The van der Waals surface area contributed by atoms with Crippen LogP contribution in [0, 0.1) is 0 Å². The Morgan fingerprint density at radius 3 is 1.25 bits per heavy atom. The molecule has 0 aliphatic carbocycles. The Bertz CT molecular complexity index is 27.0. The molecule has 4 heavy (non-hydrogen) atoms. The maximum Gasteiger partial charge on any atom is 0 e. The van der Waals surface area contributed by atoms with Gasteiger partial charge in [-0.05, 0) is 0 Å². The monoisotopic (exact) mass is 211 g/mol. The summed E-state index contributed by atoms with van der Waals surface area (Å²) < 4.78 is 17.1. The van der Waals surface area contributed by atoms with Gasteiger partial charge in [-0.15, -0.1) is 0 Å². The van der Waals surface area contributed by atoms with Crippen LogP contribution in [0.5, 0.6) is 0 Å². The summed E-state index contributed by atoms with van der Waals surface area (Å²) in [6.07, 6.45) is 0. The molecule has 0 aromatic carbocycles. The number of rotatable bonds is 0. The molecule has 4 heteroatoms. The molecule has 0 bridgehead atoms. The van der Waals surface area contributed by atoms with Crippen LogP contribution in [0.3, 0.4) is 0 Å². The first-order valence-electron chi connectivity index (χ1n) is 0.408. The first-order valence-corrected chi connectivity index (χ1v) is 2.42. The van der Waals surface area contributed by atoms with E-state index in [2.05, 4.69) is 0 Å². The molecule has 0 aliphatic rings. The smallest absolute Gasteiger partial charge is 0 e. The predicted octanol–water partition coefficient (Wildman–Crippen LogP) is -0.243. The zero-order valence-corrected chi connectivity index (χ0v) is 7.19. The van der Waals surface area contributed by atoms with Crippen LogP contribution in [0.2, 0.25) is 0 Å². The van der Waals surface area contributed by atoms with E-state index in [0.29, 0.717) is 0 Å². The first kappa shape index (κ1) is 9.14. The van der Waals surface area contributed by atoms with Crippen molar-refractivity contribution in [1.82, 2.24) is 0 Å². The third-order valence-electron chi connectivity index (χ3n) is 0. The summed E-state index contributed by atoms with van der Waals surface area (Å²) in [6, 6.07) is 0. The maximum absolute atomic E-state index is 8.54. The average Bonchev–Trinajstić information content (AvgIpc) is 0.918. The molecule has 0 amide bonds. The summed E-state index contributed by atoms with van der Waals surface area (Å²) in [5.41, 5.74) is 0. The molecule has 0 saturated heterocycles. The molecule has 19 valence electrons. The van der Waals surface area contributed by atoms with E-state index in [-0.39, 0.29) is 32.7 Å². The minimum Gasteiger partial charge on any atom is 0 e. The third kappa shape index (κ3) is 9.53. The summed E-state index contributed by atoms with van der Waals surface area (Å²) in [7, 11) is 0. The summed E-state index contributed by atoms with van der Waals surface area (Å²) in [6.45, 7) is 0. The van der Waals surface area contributed by atoms with Gasteiger partial charge in [-0.1, -0.05) is 0 Å². The Morgan fingerprint density at radius 1 is 1.25 bits per heavy atom. The van der Waals surface area contributed by atoms with Gasteiger partial charge in [0.25, 0.3) is 0 Å². The second-order valence-electron chi connectivity index (χ2n) is 0.0833. The van der Waals surface area contributed by atoms with E-state index in [1.807, 2.05) is 0 Å². The molecule has 0 aliphatic heterocycles. The van der Waals surface area contributed by atoms with Gasteiger partial charge in [0.15, 0.2) is 0 Å². The Kier molecular flexibility index (Phi) is 20.1. The molecule has 0 aromatic rings. The molecule has 0 aromatic heterocycles. The van der Waals surface area contributed by atoms with E-state index in [4.69, 9.17) is 5.63 Å². The van der Waals surface area contributed by atoms with Crippen LogP contribution in [0.25, 0.3) is 0 Å². The molecule has 0 rings (SSSR count). The molecule has 0 fully saturated rings. The second-order valence-corrected chi connectivity index (χ2v) is 0.493. The van der Waals surface area contributed by atoms with Crippen LogP contribution in [0.1, 0.15) is 0 Å². The van der Waals surface area contributed by atoms with E-state index < -0.39 is 23.2 Å². The predicted molar refractivity (Wildman–Crippen MR) is 1.37 cm³/mol. The van der Waals surface area contributed by atoms with E-state index >= 15 is 0 Å². The molecule has 0 unspecified atom stereocenters. The molecule has 0 heterocycles. The van der Waals surface area contributed by atoms with Gasteiger partial charge in [0.2, 0.25) is 0 Å². The van der Waals surface area contributed by atoms with Crippen LogP contribution in [0.15, 0.2) is 0 Å². The first-order chi connectivity index (χ1) is 1.41. The van der Waals surface area contributed by atoms with Crippen molar-refractivity contribution in [2.24, 2.45) is 0 Å².